The van der Waals surface area contributed by atoms with Crippen LogP contribution in [0, 0.1) is 5.82 Å². The van der Waals surface area contributed by atoms with E-state index in [1.54, 1.807) is 52.2 Å². The molecule has 2 aromatic carbocycles. The van der Waals surface area contributed by atoms with E-state index < -0.39 is 9.84 Å². The molecule has 1 saturated heterocycles. The summed E-state index contributed by atoms with van der Waals surface area (Å²) in [7, 11) is -3.33. The summed E-state index contributed by atoms with van der Waals surface area (Å²) in [6.45, 7) is 2.69. The van der Waals surface area contributed by atoms with Gasteiger partial charge < -0.3 is 10.2 Å². The molecule has 4 aromatic rings. The standard InChI is InChI=1S/C26H26ClFN6O3S/c1-38(36,37)19-7-5-18(6-8-19)25-26(34-10-9-29-15-23(34)31-25)30-16-24(35)33-13-11-32(12-14-33)17-20-21(27)3-2-4-22(20)28/h2-10,15,30H,11-14,16-17H2,1H3. The Balaban J connectivity index is 1.27. The molecule has 2 aromatic heterocycles. The van der Waals surface area contributed by atoms with Crippen molar-refractivity contribution >= 4 is 38.8 Å². The third kappa shape index (κ3) is 5.50. The van der Waals surface area contributed by atoms with Crippen molar-refractivity contribution in [3.05, 3.63) is 77.5 Å². The smallest absolute Gasteiger partial charge is 0.242 e. The van der Waals surface area contributed by atoms with E-state index in [4.69, 9.17) is 11.6 Å². The number of benzene rings is 2. The number of piperazine rings is 1. The quantitative estimate of drug-likeness (QED) is 0.372. The Bertz CT molecular complexity index is 1560. The first-order chi connectivity index (χ1) is 18.2. The Morgan fingerprint density at radius 2 is 1.84 bits per heavy atom. The summed E-state index contributed by atoms with van der Waals surface area (Å²) in [5.74, 6) is 0.205. The maximum absolute atomic E-state index is 14.2. The fourth-order valence-corrected chi connectivity index (χ4v) is 5.32. The molecule has 1 amide bonds. The van der Waals surface area contributed by atoms with Crippen LogP contribution in [-0.2, 0) is 21.2 Å². The maximum atomic E-state index is 14.2. The van der Waals surface area contributed by atoms with Crippen molar-refractivity contribution in [1.82, 2.24) is 24.2 Å². The number of imidazole rings is 1. The lowest BCUT2D eigenvalue weighted by Gasteiger charge is -2.35. The summed E-state index contributed by atoms with van der Waals surface area (Å²) in [6, 6.07) is 11.1. The highest BCUT2D eigenvalue weighted by Gasteiger charge is 2.23. The summed E-state index contributed by atoms with van der Waals surface area (Å²) >= 11 is 6.17. The lowest BCUT2D eigenvalue weighted by Crippen LogP contribution is -2.49. The number of rotatable bonds is 7. The third-order valence-corrected chi connectivity index (χ3v) is 8.04. The number of nitrogens with one attached hydrogen (secondary N) is 1. The van der Waals surface area contributed by atoms with Crippen LogP contribution in [0.25, 0.3) is 16.9 Å². The molecule has 198 valence electrons. The van der Waals surface area contributed by atoms with E-state index in [2.05, 4.69) is 20.2 Å². The fourth-order valence-electron chi connectivity index (χ4n) is 4.47. The Kier molecular flexibility index (Phi) is 7.33. The topological polar surface area (TPSA) is 99.9 Å². The van der Waals surface area contributed by atoms with E-state index in [9.17, 15) is 17.6 Å². The maximum Gasteiger partial charge on any atom is 0.242 e. The van der Waals surface area contributed by atoms with Crippen molar-refractivity contribution in [2.24, 2.45) is 0 Å². The van der Waals surface area contributed by atoms with Gasteiger partial charge in [-0.15, -0.1) is 0 Å². The number of carbonyl (C=O) groups is 1. The van der Waals surface area contributed by atoms with Gasteiger partial charge in [0.1, 0.15) is 17.3 Å². The van der Waals surface area contributed by atoms with Gasteiger partial charge in [0, 0.05) is 67.5 Å². The van der Waals surface area contributed by atoms with Crippen molar-refractivity contribution in [1.29, 1.82) is 0 Å². The van der Waals surface area contributed by atoms with Crippen LogP contribution < -0.4 is 5.32 Å². The molecule has 1 aliphatic rings. The molecule has 1 N–H and O–H groups in total. The van der Waals surface area contributed by atoms with E-state index in [-0.39, 0.29) is 23.2 Å². The van der Waals surface area contributed by atoms with Crippen molar-refractivity contribution in [2.75, 3.05) is 44.3 Å². The molecule has 1 aliphatic heterocycles. The van der Waals surface area contributed by atoms with Gasteiger partial charge in [-0.05, 0) is 24.3 Å². The van der Waals surface area contributed by atoms with Gasteiger partial charge in [0.05, 0.1) is 17.6 Å². The van der Waals surface area contributed by atoms with E-state index in [1.807, 2.05) is 0 Å². The van der Waals surface area contributed by atoms with Crippen LogP contribution in [0.1, 0.15) is 5.56 Å². The minimum Gasteiger partial charge on any atom is -0.360 e. The minimum absolute atomic E-state index is 0.0453. The van der Waals surface area contributed by atoms with Crippen molar-refractivity contribution < 1.29 is 17.6 Å². The number of sulfone groups is 1. The molecule has 5 rings (SSSR count). The molecule has 0 atom stereocenters. The number of anilines is 1. The normalized spacial score (nSPS) is 14.7. The highest BCUT2D eigenvalue weighted by molar-refractivity contribution is 7.90. The molecule has 0 radical (unpaired) electrons. The Labute approximate surface area is 224 Å². The number of amides is 1. The van der Waals surface area contributed by atoms with Crippen LogP contribution in [0.2, 0.25) is 5.02 Å². The first-order valence-corrected chi connectivity index (χ1v) is 14.3. The average Bonchev–Trinajstić information content (AvgIpc) is 3.28. The molecule has 12 heteroatoms. The number of fused-ring (bicyclic) bond motifs is 1. The summed E-state index contributed by atoms with van der Waals surface area (Å²) < 4.78 is 39.7. The van der Waals surface area contributed by atoms with Gasteiger partial charge in [0.15, 0.2) is 15.5 Å². The molecule has 9 nitrogen and oxygen atoms in total. The summed E-state index contributed by atoms with van der Waals surface area (Å²) in [5, 5.41) is 3.63. The molecule has 38 heavy (non-hydrogen) atoms. The lowest BCUT2D eigenvalue weighted by atomic mass is 10.1. The lowest BCUT2D eigenvalue weighted by molar-refractivity contribution is -0.131. The SMILES string of the molecule is CS(=O)(=O)c1ccc(-c2nc3cnccn3c2NCC(=O)N2CCN(Cc3c(F)cccc3Cl)CC2)cc1. The number of hydrogen-bond donors (Lipinski definition) is 1. The monoisotopic (exact) mass is 556 g/mol. The van der Waals surface area contributed by atoms with E-state index in [0.717, 1.165) is 6.26 Å². The predicted molar refractivity (Wildman–Crippen MR) is 143 cm³/mol. The zero-order chi connectivity index (χ0) is 26.9. The predicted octanol–water partition coefficient (Wildman–Crippen LogP) is 3.35. The van der Waals surface area contributed by atoms with Crippen molar-refractivity contribution in [3.8, 4) is 11.3 Å². The number of hydrogen-bond acceptors (Lipinski definition) is 7. The molecule has 0 spiro atoms. The molecule has 0 unspecified atom stereocenters. The average molecular weight is 557 g/mol. The Morgan fingerprint density at radius 3 is 2.53 bits per heavy atom. The second kappa shape index (κ2) is 10.7. The molecule has 1 fully saturated rings. The van der Waals surface area contributed by atoms with Crippen LogP contribution in [0.4, 0.5) is 10.2 Å². The van der Waals surface area contributed by atoms with Gasteiger partial charge in [-0.25, -0.2) is 17.8 Å². The zero-order valence-corrected chi connectivity index (χ0v) is 22.2. The fraction of sp³-hybridized carbons (Fsp3) is 0.269. The van der Waals surface area contributed by atoms with Gasteiger partial charge in [-0.1, -0.05) is 29.8 Å². The van der Waals surface area contributed by atoms with Gasteiger partial charge in [-0.2, -0.15) is 0 Å². The molecule has 0 saturated carbocycles. The van der Waals surface area contributed by atoms with Crippen LogP contribution in [0.15, 0.2) is 66.0 Å². The second-order valence-electron chi connectivity index (χ2n) is 9.12. The largest absolute Gasteiger partial charge is 0.360 e. The van der Waals surface area contributed by atoms with E-state index in [1.165, 1.54) is 18.2 Å². The molecular weight excluding hydrogens is 531 g/mol. The molecule has 0 aliphatic carbocycles. The zero-order valence-electron chi connectivity index (χ0n) is 20.6. The van der Waals surface area contributed by atoms with E-state index in [0.29, 0.717) is 66.0 Å². The van der Waals surface area contributed by atoms with Crippen LogP contribution >= 0.6 is 11.6 Å². The highest BCUT2D eigenvalue weighted by Crippen LogP contribution is 2.29. The summed E-state index contributed by atoms with van der Waals surface area (Å²) in [4.78, 5) is 25.9. The van der Waals surface area contributed by atoms with E-state index >= 15 is 0 Å². The van der Waals surface area contributed by atoms with Crippen molar-refractivity contribution in [2.45, 2.75) is 11.4 Å². The summed E-state index contributed by atoms with van der Waals surface area (Å²) in [5.41, 5.74) is 2.34. The first kappa shape index (κ1) is 26.1. The number of carbonyl (C=O) groups excluding carboxylic acids is 1. The van der Waals surface area contributed by atoms with Crippen molar-refractivity contribution in [3.63, 3.8) is 0 Å². The van der Waals surface area contributed by atoms with Crippen LogP contribution in [0.5, 0.6) is 0 Å². The first-order valence-electron chi connectivity index (χ1n) is 12.0. The highest BCUT2D eigenvalue weighted by atomic mass is 35.5. The molecular formula is C26H26ClFN6O3S. The molecule has 3 heterocycles. The van der Waals surface area contributed by atoms with Gasteiger partial charge in [-0.3, -0.25) is 19.1 Å². The number of halogens is 2. The minimum atomic E-state index is -3.33. The summed E-state index contributed by atoms with van der Waals surface area (Å²) in [6.07, 6.45) is 6.14. The van der Waals surface area contributed by atoms with Crippen LogP contribution in [0.3, 0.4) is 0 Å². The molecule has 0 bridgehead atoms. The van der Waals surface area contributed by atoms with Gasteiger partial charge in [0.25, 0.3) is 0 Å². The van der Waals surface area contributed by atoms with Gasteiger partial charge >= 0.3 is 0 Å². The number of aromatic nitrogens is 3. The second-order valence-corrected chi connectivity index (χ2v) is 11.5. The van der Waals surface area contributed by atoms with Gasteiger partial charge in [0.2, 0.25) is 5.91 Å². The third-order valence-electron chi connectivity index (χ3n) is 6.56. The Morgan fingerprint density at radius 1 is 1.11 bits per heavy atom. The Hall–Kier alpha value is -3.54. The number of nitrogens with zero attached hydrogens (tertiary/aromatic N) is 5. The van der Waals surface area contributed by atoms with Crippen LogP contribution in [-0.4, -0.2) is 77.5 Å².